The van der Waals surface area contributed by atoms with E-state index >= 15 is 0 Å². The number of fused-ring (bicyclic) bond motifs is 6. The van der Waals surface area contributed by atoms with Crippen LogP contribution < -0.4 is 0 Å². The summed E-state index contributed by atoms with van der Waals surface area (Å²) in [6, 6.07) is 0. The van der Waals surface area contributed by atoms with Crippen molar-refractivity contribution in [2.45, 2.75) is 355 Å². The van der Waals surface area contributed by atoms with Crippen molar-refractivity contribution in [2.75, 3.05) is 0 Å². The second kappa shape index (κ2) is 30.5. The van der Waals surface area contributed by atoms with Gasteiger partial charge >= 0.3 is 71.6 Å². The number of rotatable bonds is 22. The van der Waals surface area contributed by atoms with Crippen molar-refractivity contribution in [3.8, 4) is 0 Å². The van der Waals surface area contributed by atoms with Crippen LogP contribution in [0, 0.1) is 128 Å². The highest BCUT2D eigenvalue weighted by atomic mass is 16.6. The van der Waals surface area contributed by atoms with E-state index in [2.05, 4.69) is 13.8 Å². The Kier molecular flexibility index (Phi) is 22.5. The molecule has 0 N–H and O–H groups in total. The zero-order valence-corrected chi connectivity index (χ0v) is 69.9. The molecular formula is C89H128O24. The topological polar surface area (TPSA) is 316 Å². The lowest BCUT2D eigenvalue weighted by molar-refractivity contribution is -0.182. The number of hydrogen-bond donors (Lipinski definition) is 0. The third-order valence-electron chi connectivity index (χ3n) is 32.6. The van der Waals surface area contributed by atoms with Crippen LogP contribution >= 0.6 is 0 Å². The molecule has 10 bridgehead atoms. The monoisotopic (exact) mass is 1580 g/mol. The van der Waals surface area contributed by atoms with E-state index in [0.29, 0.717) is 63.2 Å². The average Bonchev–Trinajstić information content (AvgIpc) is 1.56. The van der Waals surface area contributed by atoms with Crippen LogP contribution in [0.3, 0.4) is 0 Å². The van der Waals surface area contributed by atoms with Crippen LogP contribution in [0.15, 0.2) is 0 Å². The fourth-order valence-corrected chi connectivity index (χ4v) is 24.0. The number of esters is 12. The molecule has 0 aromatic carbocycles. The molecule has 628 valence electrons. The average molecular weight is 1580 g/mol. The Morgan fingerprint density at radius 3 is 0.903 bits per heavy atom. The first-order chi connectivity index (χ1) is 53.3. The summed E-state index contributed by atoms with van der Waals surface area (Å²) in [5, 5.41) is 0. The maximum absolute atomic E-state index is 13.5. The Morgan fingerprint density at radius 2 is 0.637 bits per heavy atom. The van der Waals surface area contributed by atoms with Crippen molar-refractivity contribution in [1.29, 1.82) is 0 Å². The lowest BCUT2D eigenvalue weighted by Crippen LogP contribution is -2.48. The molecule has 27 unspecified atom stereocenters. The van der Waals surface area contributed by atoms with Crippen molar-refractivity contribution in [3.63, 3.8) is 0 Å². The van der Waals surface area contributed by atoms with Crippen LogP contribution in [0.2, 0.25) is 0 Å². The highest BCUT2D eigenvalue weighted by molar-refractivity contribution is 5.90. The number of carbonyl (C=O) groups excluding carboxylic acids is 12. The van der Waals surface area contributed by atoms with Gasteiger partial charge in [0.05, 0.1) is 69.0 Å². The molecule has 4 heterocycles. The van der Waals surface area contributed by atoms with Gasteiger partial charge in [0.1, 0.15) is 71.2 Å². The molecule has 17 aliphatic rings. The van der Waals surface area contributed by atoms with Gasteiger partial charge in [0.25, 0.3) is 0 Å². The van der Waals surface area contributed by atoms with Gasteiger partial charge in [0.2, 0.25) is 0 Å². The number of ether oxygens (including phenoxy) is 12. The predicted molar refractivity (Wildman–Crippen MR) is 402 cm³/mol. The maximum Gasteiger partial charge on any atom is 0.311 e. The highest BCUT2D eigenvalue weighted by Crippen LogP contribution is 2.65. The molecule has 0 aromatic heterocycles. The van der Waals surface area contributed by atoms with Crippen LogP contribution in [0.1, 0.15) is 284 Å². The molecule has 17 rings (SSSR count). The van der Waals surface area contributed by atoms with Crippen molar-refractivity contribution >= 4 is 71.6 Å². The van der Waals surface area contributed by atoms with Gasteiger partial charge in [0.15, 0.2) is 0 Å². The van der Waals surface area contributed by atoms with Gasteiger partial charge in [0, 0.05) is 47.3 Å². The molecule has 13 aliphatic carbocycles. The summed E-state index contributed by atoms with van der Waals surface area (Å²) < 4.78 is 69.9. The summed E-state index contributed by atoms with van der Waals surface area (Å²) in [5.41, 5.74) is -4.05. The van der Waals surface area contributed by atoms with Crippen LogP contribution in [0.25, 0.3) is 0 Å². The summed E-state index contributed by atoms with van der Waals surface area (Å²) in [6.07, 6.45) is 20.4. The molecule has 13 saturated carbocycles. The van der Waals surface area contributed by atoms with Crippen LogP contribution in [0.5, 0.6) is 0 Å². The lowest BCUT2D eigenvalue weighted by atomic mass is 9.77. The lowest BCUT2D eigenvalue weighted by Gasteiger charge is -2.39. The van der Waals surface area contributed by atoms with E-state index in [1.54, 1.807) is 0 Å². The second-order valence-corrected chi connectivity index (χ2v) is 40.6. The number of hydrogen-bond acceptors (Lipinski definition) is 24. The number of carbonyl (C=O) groups is 12. The molecule has 4 saturated heterocycles. The first kappa shape index (κ1) is 83.1. The Balaban J connectivity index is 0.000000125. The van der Waals surface area contributed by atoms with Crippen molar-refractivity contribution < 1.29 is 114 Å². The SMILES string of the molecule is CCC(C)(C)C(=O)OC1C2CC3C1OC(=O)C3C2C(=O)OC1(C)CCCC1.CCC(C)(C)C(=O)OC1C2CC3C1OC(=O)C3C2C(=O)OC1(C)CCCCC1.CCC(C)(C)C(=O)OC1C2CC3C1OC(=O)C3C2C(=O)OC1(CC)CC2CCC1C2.CCC1(OC(=O)C2C3CC4C(OC(=O)C42)C3OC(=O)C(C)(C)CC)CCCC1. The van der Waals surface area contributed by atoms with E-state index in [1.807, 2.05) is 96.9 Å². The minimum atomic E-state index is -0.602. The molecule has 0 aromatic rings. The van der Waals surface area contributed by atoms with Crippen molar-refractivity contribution in [2.24, 2.45) is 128 Å². The molecule has 0 amide bonds. The largest absolute Gasteiger partial charge is 0.459 e. The Morgan fingerprint density at radius 1 is 0.354 bits per heavy atom. The molecule has 0 spiro atoms. The van der Waals surface area contributed by atoms with E-state index < -0.39 is 135 Å². The molecule has 24 nitrogen and oxygen atoms in total. The quantitative estimate of drug-likeness (QED) is 0.0718. The first-order valence-electron chi connectivity index (χ1n) is 43.8. The fraction of sp³-hybridized carbons (Fsp3) is 0.865. The first-order valence-corrected chi connectivity index (χ1v) is 43.8. The smallest absolute Gasteiger partial charge is 0.311 e. The van der Waals surface area contributed by atoms with Gasteiger partial charge in [-0.2, -0.15) is 0 Å². The van der Waals surface area contributed by atoms with Gasteiger partial charge in [-0.15, -0.1) is 0 Å². The second-order valence-electron chi connectivity index (χ2n) is 40.6. The molecular weight excluding hydrogens is 1450 g/mol. The zero-order valence-electron chi connectivity index (χ0n) is 69.9. The van der Waals surface area contributed by atoms with E-state index in [0.717, 1.165) is 109 Å². The third kappa shape index (κ3) is 14.5. The summed E-state index contributed by atoms with van der Waals surface area (Å²) >= 11 is 0. The molecule has 4 aliphatic heterocycles. The minimum absolute atomic E-state index is 0.0415. The van der Waals surface area contributed by atoms with Crippen LogP contribution in [0.4, 0.5) is 0 Å². The summed E-state index contributed by atoms with van der Waals surface area (Å²) in [6.45, 7) is 30.7. The van der Waals surface area contributed by atoms with Crippen LogP contribution in [-0.2, 0) is 114 Å². The standard InChI is InChI=1S/C24H34O6.2C22H32O6.C21H30O6/c1-5-23(3,4)22(27)29-19-15-10-14-16(20(25)28-18(14)19)17(15)21(26)30-24(6-2)11-12-7-8-13(24)9-12;1-5-21(2,3)20(25)27-17-13-11-12-14(18(23)26-16(12)17)15(13)19(24)28-22(4)9-7-6-8-10-22;1-5-21(3,4)20(25)27-17-13-11-12-14(18(23)26-16(12)17)15(13)19(24)28-22(6-2)9-7-8-10-22;1-5-20(2,3)19(24)26-16-12-10-11-13(17(22)25-15(11)16)14(12)18(23)27-21(4)8-6-7-9-21/h12-19H,5-11H2,1-4H3;2*12-17H,5-11H2,1-4H3;11-16H,5-10H2,1-4H3. The summed E-state index contributed by atoms with van der Waals surface area (Å²) in [5.74, 6) is -7.46. The zero-order chi connectivity index (χ0) is 81.5. The highest BCUT2D eigenvalue weighted by Gasteiger charge is 2.75. The Bertz CT molecular complexity index is 3740. The Labute approximate surface area is 666 Å². The summed E-state index contributed by atoms with van der Waals surface area (Å²) in [7, 11) is 0. The van der Waals surface area contributed by atoms with E-state index in [1.165, 1.54) is 12.8 Å². The minimum Gasteiger partial charge on any atom is -0.459 e. The van der Waals surface area contributed by atoms with E-state index in [9.17, 15) is 57.5 Å². The molecule has 113 heavy (non-hydrogen) atoms. The van der Waals surface area contributed by atoms with Crippen molar-refractivity contribution in [1.82, 2.24) is 0 Å². The Hall–Kier alpha value is -6.36. The molecule has 0 radical (unpaired) electrons. The van der Waals surface area contributed by atoms with E-state index in [-0.39, 0.29) is 125 Å². The molecule has 24 heteroatoms. The normalized spacial score (nSPS) is 40.2. The summed E-state index contributed by atoms with van der Waals surface area (Å²) in [4.78, 5) is 154. The van der Waals surface area contributed by atoms with Gasteiger partial charge in [-0.1, -0.05) is 48.0 Å². The van der Waals surface area contributed by atoms with Crippen molar-refractivity contribution in [3.05, 3.63) is 0 Å². The van der Waals surface area contributed by atoms with Gasteiger partial charge in [-0.25, -0.2) is 0 Å². The van der Waals surface area contributed by atoms with Gasteiger partial charge < -0.3 is 56.8 Å². The predicted octanol–water partition coefficient (Wildman–Crippen LogP) is 13.5. The van der Waals surface area contributed by atoms with Crippen LogP contribution in [-0.4, -0.2) is 143 Å². The van der Waals surface area contributed by atoms with E-state index in [4.69, 9.17) is 56.8 Å². The van der Waals surface area contributed by atoms with Gasteiger partial charge in [-0.05, 0) is 248 Å². The molecule has 17 fully saturated rings. The van der Waals surface area contributed by atoms with Gasteiger partial charge in [-0.3, -0.25) is 57.5 Å². The maximum atomic E-state index is 13.5. The fourth-order valence-electron chi connectivity index (χ4n) is 24.0. The molecule has 27 atom stereocenters. The third-order valence-corrected chi connectivity index (χ3v) is 32.6.